The van der Waals surface area contributed by atoms with Gasteiger partial charge in [-0.1, -0.05) is 0 Å². The number of carbonyl (C=O) groups is 2. The third-order valence-electron chi connectivity index (χ3n) is 4.39. The Labute approximate surface area is 156 Å². The number of amides is 3. The van der Waals surface area contributed by atoms with Gasteiger partial charge in [-0.3, -0.25) is 4.79 Å². The van der Waals surface area contributed by atoms with Crippen LogP contribution in [0.4, 0.5) is 16.2 Å². The minimum atomic E-state index is -0.239. The van der Waals surface area contributed by atoms with Crippen molar-refractivity contribution in [3.63, 3.8) is 0 Å². The average Bonchev–Trinajstić information content (AvgIpc) is 3.37. The van der Waals surface area contributed by atoms with Gasteiger partial charge < -0.3 is 25.7 Å². The molecule has 1 aliphatic carbocycles. The highest BCUT2D eigenvalue weighted by molar-refractivity contribution is 6.06. The molecule has 1 heterocycles. The van der Waals surface area contributed by atoms with E-state index in [1.54, 1.807) is 37.4 Å². The second kappa shape index (κ2) is 7.03. The zero-order valence-electron chi connectivity index (χ0n) is 14.8. The Morgan fingerprint density at radius 1 is 1.00 bits per heavy atom. The summed E-state index contributed by atoms with van der Waals surface area (Å²) in [5.74, 6) is 0.488. The topological polar surface area (TPSA) is 95.2 Å². The summed E-state index contributed by atoms with van der Waals surface area (Å²) in [4.78, 5) is 27.3. The van der Waals surface area contributed by atoms with Crippen molar-refractivity contribution in [2.24, 2.45) is 0 Å². The Balaban J connectivity index is 1.40. The highest BCUT2D eigenvalue weighted by Crippen LogP contribution is 2.22. The molecule has 0 bridgehead atoms. The van der Waals surface area contributed by atoms with Crippen molar-refractivity contribution in [1.82, 2.24) is 10.3 Å². The first kappa shape index (κ1) is 17.0. The zero-order valence-corrected chi connectivity index (χ0v) is 14.8. The lowest BCUT2D eigenvalue weighted by Crippen LogP contribution is -2.30. The van der Waals surface area contributed by atoms with Crippen LogP contribution in [0.25, 0.3) is 10.9 Å². The van der Waals surface area contributed by atoms with Crippen LogP contribution in [0.1, 0.15) is 23.3 Å². The monoisotopic (exact) mass is 364 g/mol. The third kappa shape index (κ3) is 4.03. The molecule has 0 atom stereocenters. The van der Waals surface area contributed by atoms with E-state index in [-0.39, 0.29) is 11.9 Å². The molecule has 0 radical (unpaired) electrons. The molecule has 3 aromatic rings. The number of benzene rings is 2. The normalized spacial score (nSPS) is 13.2. The summed E-state index contributed by atoms with van der Waals surface area (Å²) in [5, 5.41) is 9.41. The van der Waals surface area contributed by atoms with Crippen molar-refractivity contribution in [3.05, 3.63) is 54.2 Å². The molecule has 4 N–H and O–H groups in total. The SMILES string of the molecule is COc1ccc2cc(C(=O)Nc3ccc(NC(=O)NC4CC4)cc3)[nH]c2c1. The van der Waals surface area contributed by atoms with Gasteiger partial charge in [0.25, 0.3) is 5.91 Å². The van der Waals surface area contributed by atoms with E-state index in [9.17, 15) is 9.59 Å². The second-order valence-electron chi connectivity index (χ2n) is 6.54. The maximum absolute atomic E-state index is 12.5. The summed E-state index contributed by atoms with van der Waals surface area (Å²) in [7, 11) is 1.60. The lowest BCUT2D eigenvalue weighted by Gasteiger charge is -2.08. The summed E-state index contributed by atoms with van der Waals surface area (Å²) >= 11 is 0. The van der Waals surface area contributed by atoms with E-state index in [0.717, 1.165) is 29.5 Å². The Bertz CT molecular complexity index is 990. The van der Waals surface area contributed by atoms with E-state index in [1.807, 2.05) is 18.2 Å². The molecule has 7 heteroatoms. The predicted octanol–water partition coefficient (Wildman–Crippen LogP) is 3.71. The number of ether oxygens (including phenoxy) is 1. The fraction of sp³-hybridized carbons (Fsp3) is 0.200. The molecule has 3 amide bonds. The number of rotatable bonds is 5. The Morgan fingerprint density at radius 2 is 1.70 bits per heavy atom. The molecule has 1 aliphatic rings. The van der Waals surface area contributed by atoms with Gasteiger partial charge in [0.2, 0.25) is 0 Å². The van der Waals surface area contributed by atoms with Crippen LogP contribution in [0.15, 0.2) is 48.5 Å². The van der Waals surface area contributed by atoms with Crippen LogP contribution in [0.3, 0.4) is 0 Å². The minimum absolute atomic E-state index is 0.206. The molecule has 27 heavy (non-hydrogen) atoms. The number of anilines is 2. The molecule has 2 aromatic carbocycles. The highest BCUT2D eigenvalue weighted by Gasteiger charge is 2.23. The van der Waals surface area contributed by atoms with Crippen LogP contribution < -0.4 is 20.7 Å². The van der Waals surface area contributed by atoms with E-state index in [2.05, 4.69) is 20.9 Å². The van der Waals surface area contributed by atoms with Crippen molar-refractivity contribution in [2.45, 2.75) is 18.9 Å². The Morgan fingerprint density at radius 3 is 2.37 bits per heavy atom. The summed E-state index contributed by atoms with van der Waals surface area (Å²) in [5.41, 5.74) is 2.61. The number of methoxy groups -OCH3 is 1. The summed E-state index contributed by atoms with van der Waals surface area (Å²) in [6.07, 6.45) is 2.08. The number of urea groups is 1. The molecule has 4 rings (SSSR count). The van der Waals surface area contributed by atoms with Gasteiger partial charge in [-0.05, 0) is 55.3 Å². The quantitative estimate of drug-likeness (QED) is 0.556. The molecule has 1 aromatic heterocycles. The average molecular weight is 364 g/mol. The first-order valence-electron chi connectivity index (χ1n) is 8.76. The summed E-state index contributed by atoms with van der Waals surface area (Å²) in [6, 6.07) is 14.5. The Hall–Kier alpha value is -3.48. The van der Waals surface area contributed by atoms with Gasteiger partial charge in [-0.2, -0.15) is 0 Å². The van der Waals surface area contributed by atoms with Gasteiger partial charge in [0.15, 0.2) is 0 Å². The molecule has 1 fully saturated rings. The van der Waals surface area contributed by atoms with Crippen LogP contribution in [-0.4, -0.2) is 30.1 Å². The van der Waals surface area contributed by atoms with Gasteiger partial charge in [0, 0.05) is 34.4 Å². The van der Waals surface area contributed by atoms with Crippen molar-refractivity contribution >= 4 is 34.2 Å². The number of aromatic nitrogens is 1. The van der Waals surface area contributed by atoms with Crippen molar-refractivity contribution in [1.29, 1.82) is 0 Å². The summed E-state index contributed by atoms with van der Waals surface area (Å²) in [6.45, 7) is 0. The van der Waals surface area contributed by atoms with Crippen LogP contribution in [0.2, 0.25) is 0 Å². The summed E-state index contributed by atoms with van der Waals surface area (Å²) < 4.78 is 5.20. The molecule has 0 spiro atoms. The van der Waals surface area contributed by atoms with Crippen molar-refractivity contribution in [2.75, 3.05) is 17.7 Å². The number of H-pyrrole nitrogens is 1. The van der Waals surface area contributed by atoms with E-state index in [0.29, 0.717) is 23.1 Å². The number of fused-ring (bicyclic) bond motifs is 1. The third-order valence-corrected chi connectivity index (χ3v) is 4.39. The van der Waals surface area contributed by atoms with Crippen LogP contribution in [0.5, 0.6) is 5.75 Å². The zero-order chi connectivity index (χ0) is 18.8. The highest BCUT2D eigenvalue weighted by atomic mass is 16.5. The minimum Gasteiger partial charge on any atom is -0.497 e. The van der Waals surface area contributed by atoms with Crippen molar-refractivity contribution < 1.29 is 14.3 Å². The number of carbonyl (C=O) groups excluding carboxylic acids is 2. The van der Waals surface area contributed by atoms with Gasteiger partial charge in [0.1, 0.15) is 11.4 Å². The van der Waals surface area contributed by atoms with Gasteiger partial charge in [0.05, 0.1) is 7.11 Å². The second-order valence-corrected chi connectivity index (χ2v) is 6.54. The van der Waals surface area contributed by atoms with E-state index < -0.39 is 0 Å². The van der Waals surface area contributed by atoms with E-state index >= 15 is 0 Å². The van der Waals surface area contributed by atoms with Gasteiger partial charge in [-0.15, -0.1) is 0 Å². The number of aromatic amines is 1. The van der Waals surface area contributed by atoms with E-state index in [1.165, 1.54) is 0 Å². The fourth-order valence-electron chi connectivity index (χ4n) is 2.77. The first-order chi connectivity index (χ1) is 13.1. The molecular weight excluding hydrogens is 344 g/mol. The first-order valence-corrected chi connectivity index (χ1v) is 8.76. The standard InChI is InChI=1S/C20H20N4O3/c1-27-16-9-2-12-10-18(24-17(12)11-16)19(25)21-13-3-5-14(6-4-13)22-20(26)23-15-7-8-15/h2-6,9-11,15,24H,7-8H2,1H3,(H,21,25)(H2,22,23,26). The van der Waals surface area contributed by atoms with E-state index in [4.69, 9.17) is 4.74 Å². The predicted molar refractivity (Wildman–Crippen MR) is 104 cm³/mol. The number of nitrogens with one attached hydrogen (secondary N) is 4. The number of hydrogen-bond acceptors (Lipinski definition) is 3. The molecule has 7 nitrogen and oxygen atoms in total. The Kier molecular flexibility index (Phi) is 4.42. The number of hydrogen-bond donors (Lipinski definition) is 4. The largest absolute Gasteiger partial charge is 0.497 e. The molecule has 138 valence electrons. The molecular formula is C20H20N4O3. The van der Waals surface area contributed by atoms with Crippen LogP contribution in [-0.2, 0) is 0 Å². The molecule has 0 aliphatic heterocycles. The van der Waals surface area contributed by atoms with Crippen LogP contribution in [0, 0.1) is 0 Å². The van der Waals surface area contributed by atoms with Crippen molar-refractivity contribution in [3.8, 4) is 5.75 Å². The maximum atomic E-state index is 12.5. The molecule has 0 saturated heterocycles. The smallest absolute Gasteiger partial charge is 0.319 e. The fourth-order valence-corrected chi connectivity index (χ4v) is 2.77. The lowest BCUT2D eigenvalue weighted by molar-refractivity contribution is 0.102. The molecule has 0 unspecified atom stereocenters. The van der Waals surface area contributed by atoms with Gasteiger partial charge >= 0.3 is 6.03 Å². The lowest BCUT2D eigenvalue weighted by atomic mass is 10.2. The maximum Gasteiger partial charge on any atom is 0.319 e. The molecule has 1 saturated carbocycles. The van der Waals surface area contributed by atoms with Gasteiger partial charge in [-0.25, -0.2) is 4.79 Å². The van der Waals surface area contributed by atoms with Crippen LogP contribution >= 0.6 is 0 Å².